The number of pyridine rings is 1. The Labute approximate surface area is 144 Å². The van der Waals surface area contributed by atoms with Crippen LogP contribution in [0.15, 0.2) is 42.9 Å². The second-order valence-corrected chi connectivity index (χ2v) is 6.24. The van der Waals surface area contributed by atoms with Crippen LogP contribution in [0.3, 0.4) is 0 Å². The zero-order chi connectivity index (χ0) is 17.2. The Morgan fingerprint density at radius 2 is 2.08 bits per heavy atom. The zero-order valence-electron chi connectivity index (χ0n) is 13.6. The topological polar surface area (TPSA) is 94.1 Å². The van der Waals surface area contributed by atoms with Crippen molar-refractivity contribution in [3.63, 3.8) is 0 Å². The van der Waals surface area contributed by atoms with Gasteiger partial charge in [-0.1, -0.05) is 0 Å². The number of aliphatic hydroxyl groups excluding tert-OH is 1. The minimum atomic E-state index is -0.308. The lowest BCUT2D eigenvalue weighted by molar-refractivity contribution is 0.0547. The van der Waals surface area contributed by atoms with Crippen molar-refractivity contribution in [1.82, 2.24) is 20.1 Å². The highest BCUT2D eigenvalue weighted by molar-refractivity contribution is 6.00. The van der Waals surface area contributed by atoms with Gasteiger partial charge in [0.05, 0.1) is 29.1 Å². The average molecular weight is 337 g/mol. The van der Waals surface area contributed by atoms with Crippen molar-refractivity contribution in [3.05, 3.63) is 48.4 Å². The number of aromatic amines is 1. The number of hydrogen-bond donors (Lipinski definition) is 3. The summed E-state index contributed by atoms with van der Waals surface area (Å²) in [6, 6.07) is 7.65. The molecule has 0 saturated carbocycles. The number of aliphatic hydroxyl groups is 1. The Morgan fingerprint density at radius 3 is 2.92 bits per heavy atom. The summed E-state index contributed by atoms with van der Waals surface area (Å²) >= 11 is 0. The van der Waals surface area contributed by atoms with Crippen molar-refractivity contribution in [1.29, 1.82) is 0 Å². The third kappa shape index (κ3) is 3.18. The summed E-state index contributed by atoms with van der Waals surface area (Å²) in [7, 11) is 0. The van der Waals surface area contributed by atoms with Crippen LogP contribution < -0.4 is 5.32 Å². The van der Waals surface area contributed by atoms with Crippen molar-refractivity contribution in [2.24, 2.45) is 0 Å². The van der Waals surface area contributed by atoms with E-state index in [2.05, 4.69) is 20.5 Å². The summed E-state index contributed by atoms with van der Waals surface area (Å²) in [5.41, 5.74) is 3.09. The Kier molecular flexibility index (Phi) is 4.07. The fraction of sp³-hybridized carbons (Fsp3) is 0.278. The number of amides is 1. The number of H-pyrrole nitrogens is 1. The first-order chi connectivity index (χ1) is 12.2. The maximum absolute atomic E-state index is 12.8. The molecule has 3 heterocycles. The van der Waals surface area contributed by atoms with Gasteiger partial charge in [-0.3, -0.25) is 14.9 Å². The molecule has 0 radical (unpaired) electrons. The van der Waals surface area contributed by atoms with Crippen LogP contribution in [-0.2, 0) is 0 Å². The molecule has 1 amide bonds. The van der Waals surface area contributed by atoms with E-state index in [1.807, 2.05) is 18.2 Å². The highest BCUT2D eigenvalue weighted by Crippen LogP contribution is 2.25. The molecule has 2 aromatic heterocycles. The molecule has 1 aliphatic rings. The second kappa shape index (κ2) is 6.52. The van der Waals surface area contributed by atoms with Gasteiger partial charge in [-0.25, -0.2) is 0 Å². The summed E-state index contributed by atoms with van der Waals surface area (Å²) in [6.07, 6.45) is 5.94. The first-order valence-electron chi connectivity index (χ1n) is 8.32. The number of hydrogen-bond acceptors (Lipinski definition) is 5. The van der Waals surface area contributed by atoms with Crippen molar-refractivity contribution in [3.8, 4) is 0 Å². The van der Waals surface area contributed by atoms with E-state index < -0.39 is 0 Å². The number of anilines is 2. The SMILES string of the molecule is O=C(c1cnccc1Nc1ccc2[nH]ncc2c1)N1CCC(O)CC1. The largest absolute Gasteiger partial charge is 0.393 e. The number of rotatable bonds is 3. The first kappa shape index (κ1) is 15.6. The second-order valence-electron chi connectivity index (χ2n) is 6.24. The number of carbonyl (C=O) groups is 1. The minimum Gasteiger partial charge on any atom is -0.393 e. The van der Waals surface area contributed by atoms with Crippen molar-refractivity contribution >= 4 is 28.2 Å². The predicted molar refractivity (Wildman–Crippen MR) is 94.8 cm³/mol. The Hall–Kier alpha value is -2.93. The van der Waals surface area contributed by atoms with Gasteiger partial charge in [-0.15, -0.1) is 0 Å². The molecule has 7 heteroatoms. The van der Waals surface area contributed by atoms with Gasteiger partial charge in [0.1, 0.15) is 0 Å². The van der Waals surface area contributed by atoms with Crippen LogP contribution in [0.4, 0.5) is 11.4 Å². The molecule has 0 bridgehead atoms. The fourth-order valence-corrected chi connectivity index (χ4v) is 3.09. The predicted octanol–water partition coefficient (Wildman–Crippen LogP) is 2.30. The van der Waals surface area contributed by atoms with Gasteiger partial charge >= 0.3 is 0 Å². The summed E-state index contributed by atoms with van der Waals surface area (Å²) < 4.78 is 0. The van der Waals surface area contributed by atoms with Crippen LogP contribution in [0.5, 0.6) is 0 Å². The monoisotopic (exact) mass is 337 g/mol. The van der Waals surface area contributed by atoms with Gasteiger partial charge in [-0.2, -0.15) is 5.10 Å². The van der Waals surface area contributed by atoms with Crippen molar-refractivity contribution in [2.75, 3.05) is 18.4 Å². The number of likely N-dealkylation sites (tertiary alicyclic amines) is 1. The minimum absolute atomic E-state index is 0.0631. The van der Waals surface area contributed by atoms with E-state index in [1.165, 1.54) is 0 Å². The van der Waals surface area contributed by atoms with Crippen LogP contribution in [0.2, 0.25) is 0 Å². The van der Waals surface area contributed by atoms with E-state index >= 15 is 0 Å². The molecule has 1 saturated heterocycles. The molecule has 128 valence electrons. The third-order valence-electron chi connectivity index (χ3n) is 4.52. The number of piperidine rings is 1. The molecule has 1 aromatic carbocycles. The van der Waals surface area contributed by atoms with Gasteiger partial charge in [0.15, 0.2) is 0 Å². The first-order valence-corrected chi connectivity index (χ1v) is 8.32. The fourth-order valence-electron chi connectivity index (χ4n) is 3.09. The molecule has 7 nitrogen and oxygen atoms in total. The molecule has 25 heavy (non-hydrogen) atoms. The quantitative estimate of drug-likeness (QED) is 0.682. The Bertz CT molecular complexity index is 899. The van der Waals surface area contributed by atoms with E-state index in [-0.39, 0.29) is 12.0 Å². The van der Waals surface area contributed by atoms with Crippen molar-refractivity contribution in [2.45, 2.75) is 18.9 Å². The van der Waals surface area contributed by atoms with Gasteiger partial charge in [0, 0.05) is 36.6 Å². The number of nitrogens with zero attached hydrogens (tertiary/aromatic N) is 3. The van der Waals surface area contributed by atoms with Crippen LogP contribution in [0, 0.1) is 0 Å². The van der Waals surface area contributed by atoms with Gasteiger partial charge in [-0.05, 0) is 37.1 Å². The van der Waals surface area contributed by atoms with E-state index in [4.69, 9.17) is 0 Å². The van der Waals surface area contributed by atoms with E-state index in [1.54, 1.807) is 29.6 Å². The van der Waals surface area contributed by atoms with Crippen LogP contribution in [0.25, 0.3) is 10.9 Å². The summed E-state index contributed by atoms with van der Waals surface area (Å²) in [5.74, 6) is -0.0631. The number of aromatic nitrogens is 3. The number of carbonyl (C=O) groups excluding carboxylic acids is 1. The highest BCUT2D eigenvalue weighted by atomic mass is 16.3. The third-order valence-corrected chi connectivity index (χ3v) is 4.52. The molecule has 0 aliphatic carbocycles. The molecule has 3 aromatic rings. The lowest BCUT2D eigenvalue weighted by atomic mass is 10.1. The van der Waals surface area contributed by atoms with Crippen molar-refractivity contribution < 1.29 is 9.90 Å². The van der Waals surface area contributed by atoms with Gasteiger partial charge in [0.25, 0.3) is 5.91 Å². The lowest BCUT2D eigenvalue weighted by Crippen LogP contribution is -2.40. The van der Waals surface area contributed by atoms with Gasteiger partial charge in [0.2, 0.25) is 0 Å². The smallest absolute Gasteiger partial charge is 0.257 e. The maximum atomic E-state index is 12.8. The molecule has 1 aliphatic heterocycles. The standard InChI is InChI=1S/C18H19N5O2/c24-14-4-7-23(8-5-14)18(25)15-11-19-6-3-17(15)21-13-1-2-16-12(9-13)10-20-22-16/h1-3,6,9-11,14,24H,4-5,7-8H2,(H,19,21)(H,20,22). The van der Waals surface area contributed by atoms with Crippen LogP contribution in [-0.4, -0.2) is 50.3 Å². The summed E-state index contributed by atoms with van der Waals surface area (Å²) in [5, 5.41) is 20.9. The zero-order valence-corrected chi connectivity index (χ0v) is 13.6. The van der Waals surface area contributed by atoms with E-state index in [9.17, 15) is 9.90 Å². The molecule has 0 spiro atoms. The molecular weight excluding hydrogens is 318 g/mol. The summed E-state index contributed by atoms with van der Waals surface area (Å²) in [4.78, 5) is 18.7. The molecule has 4 rings (SSSR count). The average Bonchev–Trinajstić information content (AvgIpc) is 3.10. The van der Waals surface area contributed by atoms with E-state index in [0.717, 1.165) is 16.6 Å². The number of benzene rings is 1. The molecule has 0 unspecified atom stereocenters. The van der Waals surface area contributed by atoms with Crippen LogP contribution in [0.1, 0.15) is 23.2 Å². The number of fused-ring (bicyclic) bond motifs is 1. The normalized spacial score (nSPS) is 15.5. The van der Waals surface area contributed by atoms with Gasteiger partial charge < -0.3 is 15.3 Å². The molecular formula is C18H19N5O2. The highest BCUT2D eigenvalue weighted by Gasteiger charge is 2.24. The number of nitrogens with one attached hydrogen (secondary N) is 2. The molecule has 3 N–H and O–H groups in total. The Balaban J connectivity index is 1.59. The Morgan fingerprint density at radius 1 is 1.24 bits per heavy atom. The summed E-state index contributed by atoms with van der Waals surface area (Å²) in [6.45, 7) is 1.13. The lowest BCUT2D eigenvalue weighted by Gasteiger charge is -2.30. The van der Waals surface area contributed by atoms with E-state index in [0.29, 0.717) is 37.2 Å². The maximum Gasteiger partial charge on any atom is 0.257 e. The molecule has 0 atom stereocenters. The van der Waals surface area contributed by atoms with Crippen LogP contribution >= 0.6 is 0 Å². The molecule has 1 fully saturated rings.